The molecular weight excluding hydrogens is 364 g/mol. The quantitative estimate of drug-likeness (QED) is 0.644. The lowest BCUT2D eigenvalue weighted by molar-refractivity contribution is 0.315. The molecule has 5 heteroatoms. The molecule has 4 rings (SSSR count). The molecule has 1 aromatic rings. The van der Waals surface area contributed by atoms with E-state index >= 15 is 0 Å². The normalized spacial score (nSPS) is 23.5. The number of nitrogens with two attached hydrogens (primary N) is 1. The monoisotopic (exact) mass is 396 g/mol. The molecule has 2 heterocycles. The minimum Gasteiger partial charge on any atom is -0.385 e. The fourth-order valence-electron chi connectivity index (χ4n) is 4.31. The number of nitrogens with zero attached hydrogens (tertiary/aromatic N) is 1. The van der Waals surface area contributed by atoms with Crippen LogP contribution in [-0.4, -0.2) is 42.3 Å². The van der Waals surface area contributed by atoms with E-state index in [1.807, 2.05) is 11.9 Å². The van der Waals surface area contributed by atoms with Crippen molar-refractivity contribution in [2.24, 2.45) is 11.7 Å². The molecule has 0 spiro atoms. The van der Waals surface area contributed by atoms with Gasteiger partial charge in [0, 0.05) is 56.1 Å². The number of hydrogen-bond acceptors (Lipinski definition) is 5. The predicted octanol–water partition coefficient (Wildman–Crippen LogP) is 3.29. The van der Waals surface area contributed by atoms with Gasteiger partial charge in [-0.2, -0.15) is 0 Å². The van der Waals surface area contributed by atoms with E-state index in [9.17, 15) is 0 Å². The Kier molecular flexibility index (Phi) is 6.58. The van der Waals surface area contributed by atoms with Crippen LogP contribution in [0.1, 0.15) is 30.9 Å². The zero-order valence-corrected chi connectivity index (χ0v) is 17.6. The molecule has 3 aliphatic rings. The van der Waals surface area contributed by atoms with E-state index in [0.717, 1.165) is 13.1 Å². The third-order valence-corrected chi connectivity index (χ3v) is 6.89. The van der Waals surface area contributed by atoms with Gasteiger partial charge in [0.05, 0.1) is 0 Å². The van der Waals surface area contributed by atoms with Crippen molar-refractivity contribution >= 4 is 17.5 Å². The molecule has 2 aliphatic heterocycles. The van der Waals surface area contributed by atoms with Gasteiger partial charge >= 0.3 is 0 Å². The number of piperidine rings is 1. The fraction of sp³-hybridized carbons (Fsp3) is 0.478. The maximum absolute atomic E-state index is 5.76. The number of rotatable bonds is 6. The Morgan fingerprint density at radius 2 is 1.96 bits per heavy atom. The Bertz CT molecular complexity index is 757. The summed E-state index contributed by atoms with van der Waals surface area (Å²) in [5, 5.41) is 7.46. The largest absolute Gasteiger partial charge is 0.385 e. The number of fused-ring (bicyclic) bond motifs is 1. The van der Waals surface area contributed by atoms with Crippen LogP contribution in [0.3, 0.4) is 0 Å². The van der Waals surface area contributed by atoms with E-state index in [-0.39, 0.29) is 0 Å². The minimum absolute atomic E-state index is 0.448. The summed E-state index contributed by atoms with van der Waals surface area (Å²) in [4.78, 5) is 0. The molecular formula is C23H32N4S. The first kappa shape index (κ1) is 19.8. The summed E-state index contributed by atoms with van der Waals surface area (Å²) in [5.74, 6) is 1.62. The third kappa shape index (κ3) is 4.54. The fourth-order valence-corrected chi connectivity index (χ4v) is 5.14. The predicted molar refractivity (Wildman–Crippen MR) is 121 cm³/mol. The van der Waals surface area contributed by atoms with E-state index in [1.165, 1.54) is 59.7 Å². The average molecular weight is 397 g/mol. The molecule has 28 heavy (non-hydrogen) atoms. The number of benzene rings is 1. The van der Waals surface area contributed by atoms with Crippen molar-refractivity contribution in [3.05, 3.63) is 64.9 Å². The van der Waals surface area contributed by atoms with Gasteiger partial charge in [-0.1, -0.05) is 55.3 Å². The molecule has 1 aromatic carbocycles. The van der Waals surface area contributed by atoms with Crippen LogP contribution in [0.2, 0.25) is 0 Å². The van der Waals surface area contributed by atoms with Gasteiger partial charge in [0.15, 0.2) is 0 Å². The van der Waals surface area contributed by atoms with Crippen LogP contribution in [0, 0.1) is 5.92 Å². The van der Waals surface area contributed by atoms with Gasteiger partial charge in [-0.3, -0.25) is 4.31 Å². The smallest absolute Gasteiger partial charge is 0.0360 e. The van der Waals surface area contributed by atoms with Crippen molar-refractivity contribution in [2.75, 3.05) is 31.9 Å². The molecule has 0 radical (unpaired) electrons. The van der Waals surface area contributed by atoms with E-state index in [1.54, 1.807) is 0 Å². The van der Waals surface area contributed by atoms with Crippen LogP contribution in [0.15, 0.2) is 53.8 Å². The molecule has 1 unspecified atom stereocenters. The molecule has 1 saturated heterocycles. The highest BCUT2D eigenvalue weighted by molar-refractivity contribution is 7.96. The molecule has 0 amide bonds. The number of hydrogen-bond donors (Lipinski definition) is 3. The highest BCUT2D eigenvalue weighted by Gasteiger charge is 2.27. The lowest BCUT2D eigenvalue weighted by atomic mass is 9.83. The maximum atomic E-state index is 5.76. The van der Waals surface area contributed by atoms with Gasteiger partial charge in [0.1, 0.15) is 0 Å². The standard InChI is InChI=1S/C23H32N4S/c1-2-28-27-11-8-21(9-12-27)26-23-14-20(13-19-7-10-25-16-22(19)23)18-5-3-17(15-24)4-6-18/h3-7,13-14,21-22,25-26H,2,8-12,15-16,24H2,1H3. The van der Waals surface area contributed by atoms with Crippen molar-refractivity contribution in [1.29, 1.82) is 0 Å². The van der Waals surface area contributed by atoms with Crippen LogP contribution in [0.4, 0.5) is 0 Å². The van der Waals surface area contributed by atoms with Gasteiger partial charge in [-0.25, -0.2) is 0 Å². The van der Waals surface area contributed by atoms with Crippen LogP contribution in [0.25, 0.3) is 5.57 Å². The lowest BCUT2D eigenvalue weighted by Gasteiger charge is -2.36. The summed E-state index contributed by atoms with van der Waals surface area (Å²) in [6, 6.07) is 9.25. The second-order valence-corrected chi connectivity index (χ2v) is 9.13. The molecule has 1 atom stereocenters. The topological polar surface area (TPSA) is 53.3 Å². The second-order valence-electron chi connectivity index (χ2n) is 7.78. The van der Waals surface area contributed by atoms with E-state index < -0.39 is 0 Å². The van der Waals surface area contributed by atoms with Gasteiger partial charge < -0.3 is 16.4 Å². The SMILES string of the molecule is CCSN1CCC(NC2=CC(c3ccc(CN)cc3)=CC3=CCNCC32)CC1. The summed E-state index contributed by atoms with van der Waals surface area (Å²) < 4.78 is 2.52. The zero-order chi connectivity index (χ0) is 19.3. The first-order chi connectivity index (χ1) is 13.8. The van der Waals surface area contributed by atoms with Gasteiger partial charge in [-0.05, 0) is 41.2 Å². The molecule has 150 valence electrons. The average Bonchev–Trinajstić information content (AvgIpc) is 2.75. The first-order valence-electron chi connectivity index (χ1n) is 10.5. The molecule has 4 N–H and O–H groups in total. The van der Waals surface area contributed by atoms with Crippen LogP contribution < -0.4 is 16.4 Å². The molecule has 0 bridgehead atoms. The van der Waals surface area contributed by atoms with Crippen molar-refractivity contribution in [2.45, 2.75) is 32.4 Å². The van der Waals surface area contributed by atoms with Crippen LogP contribution in [0.5, 0.6) is 0 Å². The highest BCUT2D eigenvalue weighted by atomic mass is 32.2. The Morgan fingerprint density at radius 1 is 1.18 bits per heavy atom. The summed E-state index contributed by atoms with van der Waals surface area (Å²) in [5.41, 5.74) is 12.3. The van der Waals surface area contributed by atoms with E-state index in [2.05, 4.69) is 64.4 Å². The van der Waals surface area contributed by atoms with Crippen LogP contribution in [-0.2, 0) is 6.54 Å². The first-order valence-corrected chi connectivity index (χ1v) is 11.5. The third-order valence-electron chi connectivity index (χ3n) is 5.90. The molecule has 1 fully saturated rings. The van der Waals surface area contributed by atoms with Crippen molar-refractivity contribution < 1.29 is 0 Å². The Hall–Kier alpha value is -1.53. The molecule has 0 aromatic heterocycles. The maximum Gasteiger partial charge on any atom is 0.0360 e. The van der Waals surface area contributed by atoms with Crippen molar-refractivity contribution in [1.82, 2.24) is 14.9 Å². The van der Waals surface area contributed by atoms with E-state index in [0.29, 0.717) is 18.5 Å². The van der Waals surface area contributed by atoms with Gasteiger partial charge in [-0.15, -0.1) is 0 Å². The molecule has 0 saturated carbocycles. The minimum atomic E-state index is 0.448. The summed E-state index contributed by atoms with van der Waals surface area (Å²) in [7, 11) is 0. The Morgan fingerprint density at radius 3 is 2.68 bits per heavy atom. The number of allylic oxidation sites excluding steroid dienone is 3. The number of nitrogens with one attached hydrogen (secondary N) is 2. The van der Waals surface area contributed by atoms with Gasteiger partial charge in [0.25, 0.3) is 0 Å². The van der Waals surface area contributed by atoms with Crippen LogP contribution >= 0.6 is 11.9 Å². The zero-order valence-electron chi connectivity index (χ0n) is 16.8. The van der Waals surface area contributed by atoms with Crippen molar-refractivity contribution in [3.63, 3.8) is 0 Å². The summed E-state index contributed by atoms with van der Waals surface area (Å²) in [6.45, 7) is 7.17. The van der Waals surface area contributed by atoms with E-state index in [4.69, 9.17) is 5.73 Å². The van der Waals surface area contributed by atoms with Gasteiger partial charge in [0.2, 0.25) is 0 Å². The second kappa shape index (κ2) is 9.31. The Labute approximate surface area is 173 Å². The van der Waals surface area contributed by atoms with Crippen molar-refractivity contribution in [3.8, 4) is 0 Å². The Balaban J connectivity index is 1.52. The molecule has 1 aliphatic carbocycles. The summed E-state index contributed by atoms with van der Waals surface area (Å²) in [6.07, 6.45) is 9.52. The lowest BCUT2D eigenvalue weighted by Crippen LogP contribution is -2.43. The highest BCUT2D eigenvalue weighted by Crippen LogP contribution is 2.34. The molecule has 4 nitrogen and oxygen atoms in total. The summed E-state index contributed by atoms with van der Waals surface area (Å²) >= 11 is 1.97.